The molecule has 2 rings (SSSR count). The second-order valence-electron chi connectivity index (χ2n) is 3.45. The highest BCUT2D eigenvalue weighted by Gasteiger charge is 2.19. The Morgan fingerprint density at radius 1 is 1.57 bits per heavy atom. The number of rotatable bonds is 1. The summed E-state index contributed by atoms with van der Waals surface area (Å²) >= 11 is 5.80. The first kappa shape index (κ1) is 9.68. The summed E-state index contributed by atoms with van der Waals surface area (Å²) in [5.41, 5.74) is 0. The third kappa shape index (κ3) is 1.96. The molecule has 0 saturated carbocycles. The first-order valence-electron chi connectivity index (χ1n) is 4.72. The Balaban J connectivity index is 2.20. The van der Waals surface area contributed by atoms with Crippen LogP contribution in [0.3, 0.4) is 0 Å². The van der Waals surface area contributed by atoms with E-state index in [-0.39, 0.29) is 0 Å². The molecular weight excluding hydrogens is 200 g/mol. The van der Waals surface area contributed by atoms with E-state index in [0.29, 0.717) is 11.2 Å². The number of piperazine rings is 1. The molecule has 1 aliphatic heterocycles. The van der Waals surface area contributed by atoms with E-state index in [0.717, 1.165) is 25.5 Å². The maximum Gasteiger partial charge on any atom is 0.149 e. The molecule has 1 N–H and O–H groups in total. The fourth-order valence-electron chi connectivity index (χ4n) is 1.65. The van der Waals surface area contributed by atoms with Crippen LogP contribution in [0.5, 0.6) is 0 Å². The summed E-state index contributed by atoms with van der Waals surface area (Å²) in [6.45, 7) is 5.08. The van der Waals surface area contributed by atoms with Crippen molar-refractivity contribution in [2.45, 2.75) is 13.0 Å². The number of nitrogens with zero attached hydrogens (tertiary/aromatic N) is 3. The second kappa shape index (κ2) is 4.11. The molecular formula is C9H13ClN4. The average Bonchev–Trinajstić information content (AvgIpc) is 2.18. The van der Waals surface area contributed by atoms with Gasteiger partial charge in [0.05, 0.1) is 12.4 Å². The predicted octanol–water partition coefficient (Wildman–Crippen LogP) is 0.928. The van der Waals surface area contributed by atoms with E-state index in [4.69, 9.17) is 11.6 Å². The highest BCUT2D eigenvalue weighted by atomic mass is 35.5. The van der Waals surface area contributed by atoms with Gasteiger partial charge in [0.25, 0.3) is 0 Å². The molecule has 76 valence electrons. The van der Waals surface area contributed by atoms with Crippen LogP contribution < -0.4 is 10.2 Å². The zero-order chi connectivity index (χ0) is 9.97. The van der Waals surface area contributed by atoms with Crippen molar-refractivity contribution in [3.63, 3.8) is 0 Å². The highest BCUT2D eigenvalue weighted by Crippen LogP contribution is 2.16. The topological polar surface area (TPSA) is 41.0 Å². The lowest BCUT2D eigenvalue weighted by atomic mass is 10.2. The van der Waals surface area contributed by atoms with E-state index in [1.165, 1.54) is 0 Å². The number of halogens is 1. The van der Waals surface area contributed by atoms with Gasteiger partial charge < -0.3 is 10.2 Å². The molecule has 0 amide bonds. The van der Waals surface area contributed by atoms with Crippen LogP contribution in [0.2, 0.25) is 5.15 Å². The zero-order valence-electron chi connectivity index (χ0n) is 8.07. The Bertz CT molecular complexity index is 317. The first-order chi connectivity index (χ1) is 6.77. The van der Waals surface area contributed by atoms with Crippen molar-refractivity contribution in [3.8, 4) is 0 Å². The van der Waals surface area contributed by atoms with Crippen LogP contribution in [0, 0.1) is 0 Å². The molecule has 4 nitrogen and oxygen atoms in total. The number of nitrogens with one attached hydrogen (secondary N) is 1. The molecule has 1 fully saturated rings. The van der Waals surface area contributed by atoms with Crippen LogP contribution in [0.25, 0.3) is 0 Å². The fraction of sp³-hybridized carbons (Fsp3) is 0.556. The van der Waals surface area contributed by atoms with Crippen molar-refractivity contribution in [2.24, 2.45) is 0 Å². The summed E-state index contributed by atoms with van der Waals surface area (Å²) < 4.78 is 0. The Kier molecular flexibility index (Phi) is 2.84. The normalized spacial score (nSPS) is 22.4. The van der Waals surface area contributed by atoms with Crippen LogP contribution in [-0.2, 0) is 0 Å². The second-order valence-corrected chi connectivity index (χ2v) is 3.83. The van der Waals surface area contributed by atoms with E-state index in [1.807, 2.05) is 0 Å². The van der Waals surface area contributed by atoms with E-state index in [9.17, 15) is 0 Å². The van der Waals surface area contributed by atoms with Gasteiger partial charge in [-0.1, -0.05) is 11.6 Å². The maximum atomic E-state index is 5.80. The van der Waals surface area contributed by atoms with Gasteiger partial charge in [-0.05, 0) is 6.92 Å². The van der Waals surface area contributed by atoms with Gasteiger partial charge in [0.1, 0.15) is 11.0 Å². The lowest BCUT2D eigenvalue weighted by Crippen LogP contribution is -2.50. The van der Waals surface area contributed by atoms with Crippen LogP contribution >= 0.6 is 11.6 Å². The minimum Gasteiger partial charge on any atom is -0.350 e. The van der Waals surface area contributed by atoms with Gasteiger partial charge >= 0.3 is 0 Å². The minimum atomic E-state index is 0.441. The highest BCUT2D eigenvalue weighted by molar-refractivity contribution is 6.29. The van der Waals surface area contributed by atoms with Crippen LogP contribution in [0.4, 0.5) is 5.82 Å². The summed E-state index contributed by atoms with van der Waals surface area (Å²) in [5.74, 6) is 0.867. The average molecular weight is 213 g/mol. The number of hydrogen-bond donors (Lipinski definition) is 1. The molecule has 0 aromatic carbocycles. The lowest BCUT2D eigenvalue weighted by Gasteiger charge is -2.34. The lowest BCUT2D eigenvalue weighted by molar-refractivity contribution is 0.496. The summed E-state index contributed by atoms with van der Waals surface area (Å²) in [4.78, 5) is 10.5. The number of anilines is 1. The molecule has 5 heteroatoms. The number of hydrogen-bond acceptors (Lipinski definition) is 4. The molecule has 1 aromatic heterocycles. The minimum absolute atomic E-state index is 0.441. The largest absolute Gasteiger partial charge is 0.350 e. The maximum absolute atomic E-state index is 5.80. The van der Waals surface area contributed by atoms with E-state index >= 15 is 0 Å². The molecule has 1 aromatic rings. The van der Waals surface area contributed by atoms with Gasteiger partial charge in [0.2, 0.25) is 0 Å². The molecule has 1 unspecified atom stereocenters. The van der Waals surface area contributed by atoms with Crippen LogP contribution in [0.15, 0.2) is 12.4 Å². The Morgan fingerprint density at radius 2 is 2.43 bits per heavy atom. The Labute approximate surface area is 88.3 Å². The molecule has 1 aliphatic rings. The van der Waals surface area contributed by atoms with Crippen molar-refractivity contribution in [3.05, 3.63) is 17.5 Å². The molecule has 0 spiro atoms. The van der Waals surface area contributed by atoms with E-state index in [2.05, 4.69) is 27.1 Å². The fourth-order valence-corrected chi connectivity index (χ4v) is 1.80. The Morgan fingerprint density at radius 3 is 3.14 bits per heavy atom. The zero-order valence-corrected chi connectivity index (χ0v) is 8.83. The summed E-state index contributed by atoms with van der Waals surface area (Å²) in [6, 6.07) is 0.441. The van der Waals surface area contributed by atoms with Crippen LogP contribution in [0.1, 0.15) is 6.92 Å². The van der Waals surface area contributed by atoms with Crippen molar-refractivity contribution >= 4 is 17.4 Å². The monoisotopic (exact) mass is 212 g/mol. The molecule has 0 bridgehead atoms. The number of aromatic nitrogens is 2. The van der Waals surface area contributed by atoms with Crippen molar-refractivity contribution in [1.82, 2.24) is 15.3 Å². The first-order valence-corrected chi connectivity index (χ1v) is 5.10. The van der Waals surface area contributed by atoms with Gasteiger partial charge in [-0.2, -0.15) is 0 Å². The van der Waals surface area contributed by atoms with E-state index < -0.39 is 0 Å². The smallest absolute Gasteiger partial charge is 0.149 e. The molecule has 14 heavy (non-hydrogen) atoms. The third-order valence-corrected chi connectivity index (χ3v) is 2.57. The molecule has 1 saturated heterocycles. The predicted molar refractivity (Wildman–Crippen MR) is 56.7 cm³/mol. The molecule has 0 aliphatic carbocycles. The SMILES string of the molecule is CC1CNCCN1c1cncc(Cl)n1. The van der Waals surface area contributed by atoms with Crippen molar-refractivity contribution in [2.75, 3.05) is 24.5 Å². The van der Waals surface area contributed by atoms with Gasteiger partial charge in [-0.15, -0.1) is 0 Å². The van der Waals surface area contributed by atoms with Gasteiger partial charge in [-0.25, -0.2) is 4.98 Å². The van der Waals surface area contributed by atoms with Crippen LogP contribution in [-0.4, -0.2) is 35.6 Å². The molecule has 2 heterocycles. The Hall–Kier alpha value is -0.870. The van der Waals surface area contributed by atoms with Crippen molar-refractivity contribution in [1.29, 1.82) is 0 Å². The molecule has 1 atom stereocenters. The quantitative estimate of drug-likeness (QED) is 0.752. The summed E-state index contributed by atoms with van der Waals surface area (Å²) in [7, 11) is 0. The summed E-state index contributed by atoms with van der Waals surface area (Å²) in [5, 5.41) is 3.78. The van der Waals surface area contributed by atoms with Gasteiger partial charge in [-0.3, -0.25) is 4.98 Å². The molecule has 0 radical (unpaired) electrons. The standard InChI is InChI=1S/C9H13ClN4/c1-7-4-11-2-3-14(7)9-6-12-5-8(10)13-9/h5-7,11H,2-4H2,1H3. The van der Waals surface area contributed by atoms with Gasteiger partial charge in [0, 0.05) is 25.7 Å². The summed E-state index contributed by atoms with van der Waals surface area (Å²) in [6.07, 6.45) is 3.31. The van der Waals surface area contributed by atoms with Gasteiger partial charge in [0.15, 0.2) is 0 Å². The van der Waals surface area contributed by atoms with E-state index in [1.54, 1.807) is 12.4 Å². The van der Waals surface area contributed by atoms with Crippen molar-refractivity contribution < 1.29 is 0 Å². The third-order valence-electron chi connectivity index (χ3n) is 2.39.